The van der Waals surface area contributed by atoms with Crippen molar-refractivity contribution in [2.45, 2.75) is 51.5 Å². The number of ether oxygens (including phenoxy) is 3. The van der Waals surface area contributed by atoms with Gasteiger partial charge in [-0.3, -0.25) is 4.90 Å². The lowest BCUT2D eigenvalue weighted by atomic mass is 9.80. The molecule has 5 rings (SSSR count). The summed E-state index contributed by atoms with van der Waals surface area (Å²) < 4.78 is 16.8. The Morgan fingerprint density at radius 1 is 0.936 bits per heavy atom. The molecule has 2 N–H and O–H groups in total. The van der Waals surface area contributed by atoms with Crippen LogP contribution in [0.15, 0.2) is 107 Å². The predicted octanol–water partition coefficient (Wildman–Crippen LogP) is 5.44. The summed E-state index contributed by atoms with van der Waals surface area (Å²) in [6, 6.07) is 28.5. The lowest BCUT2D eigenvalue weighted by molar-refractivity contribution is -0.165. The SMILES string of the molecule is C#Cc1cccc(C2C(C(=O)OCCC3CNCCN3C(c3ccccc3)c3ccccc3)=C(C)NC(C)=C2C(=O)OC(C)OC)c1. The number of piperazine rings is 1. The van der Waals surface area contributed by atoms with Crippen LogP contribution in [-0.4, -0.2) is 62.5 Å². The van der Waals surface area contributed by atoms with Crippen molar-refractivity contribution >= 4 is 11.9 Å². The number of terminal acetylenes is 1. The third-order valence-electron chi connectivity index (χ3n) is 8.83. The lowest BCUT2D eigenvalue weighted by Gasteiger charge is -2.42. The molecule has 8 heteroatoms. The van der Waals surface area contributed by atoms with Crippen LogP contribution in [0, 0.1) is 12.3 Å². The largest absolute Gasteiger partial charge is 0.462 e. The van der Waals surface area contributed by atoms with Crippen molar-refractivity contribution in [1.82, 2.24) is 15.5 Å². The number of rotatable bonds is 11. The molecule has 244 valence electrons. The Bertz CT molecular complexity index is 1620. The lowest BCUT2D eigenvalue weighted by Crippen LogP contribution is -2.53. The van der Waals surface area contributed by atoms with Gasteiger partial charge in [0, 0.05) is 49.7 Å². The Kier molecular flexibility index (Phi) is 11.3. The van der Waals surface area contributed by atoms with Crippen LogP contribution in [0.1, 0.15) is 61.4 Å². The van der Waals surface area contributed by atoms with E-state index >= 15 is 0 Å². The Morgan fingerprint density at radius 3 is 2.19 bits per heavy atom. The zero-order valence-electron chi connectivity index (χ0n) is 27.5. The van der Waals surface area contributed by atoms with Crippen LogP contribution in [0.5, 0.6) is 0 Å². The molecule has 1 fully saturated rings. The molecule has 0 bridgehead atoms. The molecule has 3 aromatic carbocycles. The van der Waals surface area contributed by atoms with E-state index in [4.69, 9.17) is 20.6 Å². The monoisotopic (exact) mass is 633 g/mol. The fourth-order valence-corrected chi connectivity index (χ4v) is 6.53. The average Bonchev–Trinajstić information content (AvgIpc) is 3.09. The number of carbonyl (C=O) groups is 2. The smallest absolute Gasteiger partial charge is 0.339 e. The summed E-state index contributed by atoms with van der Waals surface area (Å²) in [7, 11) is 1.46. The van der Waals surface area contributed by atoms with Crippen molar-refractivity contribution in [2.75, 3.05) is 33.4 Å². The molecule has 3 atom stereocenters. The zero-order chi connectivity index (χ0) is 33.3. The molecule has 0 saturated carbocycles. The molecule has 0 amide bonds. The van der Waals surface area contributed by atoms with Crippen LogP contribution in [0.4, 0.5) is 0 Å². The number of hydrogen-bond acceptors (Lipinski definition) is 8. The number of nitrogens with zero attached hydrogens (tertiary/aromatic N) is 1. The predicted molar refractivity (Wildman–Crippen MR) is 182 cm³/mol. The molecule has 47 heavy (non-hydrogen) atoms. The molecule has 2 heterocycles. The van der Waals surface area contributed by atoms with E-state index < -0.39 is 24.1 Å². The van der Waals surface area contributed by atoms with E-state index in [1.54, 1.807) is 13.8 Å². The van der Waals surface area contributed by atoms with Gasteiger partial charge in [0.1, 0.15) is 0 Å². The number of nitrogens with one attached hydrogen (secondary N) is 2. The van der Waals surface area contributed by atoms with E-state index in [9.17, 15) is 9.59 Å². The molecule has 0 radical (unpaired) electrons. The second-order valence-corrected chi connectivity index (χ2v) is 11.9. The van der Waals surface area contributed by atoms with E-state index in [1.807, 2.05) is 43.3 Å². The summed E-state index contributed by atoms with van der Waals surface area (Å²) in [6.45, 7) is 7.94. The van der Waals surface area contributed by atoms with Crippen LogP contribution in [-0.2, 0) is 23.8 Å². The quantitative estimate of drug-likeness (QED) is 0.164. The minimum Gasteiger partial charge on any atom is -0.462 e. The number of carbonyl (C=O) groups excluding carboxylic acids is 2. The fraction of sp³-hybridized carbons (Fsp3) is 0.333. The maximum Gasteiger partial charge on any atom is 0.339 e. The Balaban J connectivity index is 1.39. The van der Waals surface area contributed by atoms with Gasteiger partial charge in [0.25, 0.3) is 0 Å². The number of methoxy groups -OCH3 is 1. The number of allylic oxidation sites excluding steroid dienone is 2. The molecule has 1 saturated heterocycles. The Morgan fingerprint density at radius 2 is 1.57 bits per heavy atom. The van der Waals surface area contributed by atoms with Crippen molar-refractivity contribution in [2.24, 2.45) is 0 Å². The second-order valence-electron chi connectivity index (χ2n) is 11.9. The third-order valence-corrected chi connectivity index (χ3v) is 8.83. The Labute approximate surface area is 277 Å². The fourth-order valence-electron chi connectivity index (χ4n) is 6.53. The maximum absolute atomic E-state index is 14.0. The van der Waals surface area contributed by atoms with Crippen molar-refractivity contribution < 1.29 is 23.8 Å². The number of benzene rings is 3. The molecular formula is C39H43N3O5. The highest BCUT2D eigenvalue weighted by atomic mass is 16.7. The van der Waals surface area contributed by atoms with Crippen molar-refractivity contribution in [1.29, 1.82) is 0 Å². The van der Waals surface area contributed by atoms with Crippen molar-refractivity contribution in [3.63, 3.8) is 0 Å². The number of dihydropyridines is 1. The van der Waals surface area contributed by atoms with Gasteiger partial charge in [0.15, 0.2) is 6.29 Å². The van der Waals surface area contributed by atoms with Crippen molar-refractivity contribution in [3.8, 4) is 12.3 Å². The van der Waals surface area contributed by atoms with Gasteiger partial charge in [-0.25, -0.2) is 9.59 Å². The van der Waals surface area contributed by atoms with Crippen LogP contribution < -0.4 is 10.6 Å². The van der Waals surface area contributed by atoms with Crippen molar-refractivity contribution in [3.05, 3.63) is 130 Å². The van der Waals surface area contributed by atoms with E-state index in [0.29, 0.717) is 40.1 Å². The normalized spacial score (nSPS) is 19.1. The summed E-state index contributed by atoms with van der Waals surface area (Å²) in [4.78, 5) is 30.0. The second kappa shape index (κ2) is 15.7. The summed E-state index contributed by atoms with van der Waals surface area (Å²) in [5.41, 5.74) is 5.60. The van der Waals surface area contributed by atoms with Crippen LogP contribution in [0.25, 0.3) is 0 Å². The van der Waals surface area contributed by atoms with Crippen LogP contribution in [0.3, 0.4) is 0 Å². The average molecular weight is 634 g/mol. The maximum atomic E-state index is 14.0. The number of hydrogen-bond donors (Lipinski definition) is 2. The Hall–Kier alpha value is -4.68. The molecule has 3 unspecified atom stereocenters. The molecule has 0 spiro atoms. The van der Waals surface area contributed by atoms with E-state index in [0.717, 1.165) is 19.6 Å². The highest BCUT2D eigenvalue weighted by molar-refractivity contribution is 6.00. The first kappa shape index (κ1) is 33.7. The molecule has 2 aliphatic heterocycles. The first-order valence-electron chi connectivity index (χ1n) is 16.0. The van der Waals surface area contributed by atoms with E-state index in [1.165, 1.54) is 18.2 Å². The minimum absolute atomic E-state index is 0.0664. The van der Waals surface area contributed by atoms with Gasteiger partial charge in [-0.1, -0.05) is 78.7 Å². The van der Waals surface area contributed by atoms with Crippen LogP contribution in [0.2, 0.25) is 0 Å². The van der Waals surface area contributed by atoms with E-state index in [2.05, 4.69) is 70.0 Å². The van der Waals surface area contributed by atoms with Gasteiger partial charge in [-0.05, 0) is 56.0 Å². The highest BCUT2D eigenvalue weighted by Crippen LogP contribution is 2.40. The standard InChI is InChI=1S/C39H43N3O5/c1-6-29-14-13-19-32(24-29)36-34(26(2)41-27(3)35(36)39(44)47-28(4)45-5)38(43)46-23-20-33-25-40-21-22-42(33)37(30-15-9-7-10-16-30)31-17-11-8-12-18-31/h1,7-19,24,28,33,36-37,40-41H,20-23,25H2,2-5H3. The first-order chi connectivity index (χ1) is 22.8. The summed E-state index contributed by atoms with van der Waals surface area (Å²) >= 11 is 0. The molecular weight excluding hydrogens is 590 g/mol. The molecule has 2 aliphatic rings. The summed E-state index contributed by atoms with van der Waals surface area (Å²) in [6.07, 6.45) is 5.58. The summed E-state index contributed by atoms with van der Waals surface area (Å²) in [5, 5.41) is 6.75. The van der Waals surface area contributed by atoms with Gasteiger partial charge in [0.2, 0.25) is 0 Å². The minimum atomic E-state index is -0.773. The van der Waals surface area contributed by atoms with Gasteiger partial charge in [-0.15, -0.1) is 6.42 Å². The van der Waals surface area contributed by atoms with E-state index in [-0.39, 0.29) is 18.7 Å². The molecule has 0 aliphatic carbocycles. The van der Waals surface area contributed by atoms with Crippen LogP contribution >= 0.6 is 0 Å². The van der Waals surface area contributed by atoms with Gasteiger partial charge in [-0.2, -0.15) is 0 Å². The van der Waals surface area contributed by atoms with Gasteiger partial charge >= 0.3 is 11.9 Å². The molecule has 8 nitrogen and oxygen atoms in total. The molecule has 0 aromatic heterocycles. The molecule has 3 aromatic rings. The zero-order valence-corrected chi connectivity index (χ0v) is 27.5. The van der Waals surface area contributed by atoms with Gasteiger partial charge in [0.05, 0.1) is 29.7 Å². The third kappa shape index (κ3) is 7.83. The van der Waals surface area contributed by atoms with Gasteiger partial charge < -0.3 is 24.8 Å². The number of esters is 2. The summed E-state index contributed by atoms with van der Waals surface area (Å²) in [5.74, 6) is 0.821. The first-order valence-corrected chi connectivity index (χ1v) is 16.0. The highest BCUT2D eigenvalue weighted by Gasteiger charge is 2.39. The topological polar surface area (TPSA) is 89.1 Å².